The molecule has 1 N–H and O–H groups in total. The Bertz CT molecular complexity index is 1260. The number of methoxy groups -OCH3 is 1. The Balaban J connectivity index is 1.91. The first-order valence-corrected chi connectivity index (χ1v) is 11.8. The third-order valence-electron chi connectivity index (χ3n) is 6.12. The van der Waals surface area contributed by atoms with Crippen molar-refractivity contribution in [2.24, 2.45) is 0 Å². The number of benzene rings is 2. The molecule has 1 amide bonds. The smallest absolute Gasteiger partial charge is 0.301 e. The fourth-order valence-corrected chi connectivity index (χ4v) is 4.91. The second kappa shape index (κ2) is 8.72. The maximum absolute atomic E-state index is 13.3. The van der Waals surface area contributed by atoms with Crippen molar-refractivity contribution in [1.82, 2.24) is 4.98 Å². The molecule has 1 aliphatic rings. The second-order valence-electron chi connectivity index (χ2n) is 9.41. The van der Waals surface area contributed by atoms with Crippen LogP contribution in [-0.2, 0) is 15.0 Å². The Labute approximate surface area is 203 Å². The summed E-state index contributed by atoms with van der Waals surface area (Å²) in [6, 6.07) is 13.8. The Hall–Kier alpha value is -3.45. The highest BCUT2D eigenvalue weighted by Gasteiger charge is 2.48. The van der Waals surface area contributed by atoms with Gasteiger partial charge in [-0.2, -0.15) is 0 Å². The lowest BCUT2D eigenvalue weighted by molar-refractivity contribution is -0.132. The van der Waals surface area contributed by atoms with Crippen molar-refractivity contribution in [2.45, 2.75) is 46.1 Å². The van der Waals surface area contributed by atoms with Gasteiger partial charge in [-0.15, -0.1) is 11.3 Å². The van der Waals surface area contributed by atoms with Crippen LogP contribution in [0.15, 0.2) is 54.1 Å². The minimum atomic E-state index is -0.791. The van der Waals surface area contributed by atoms with Crippen molar-refractivity contribution < 1.29 is 19.4 Å². The molecule has 6 nitrogen and oxygen atoms in total. The van der Waals surface area contributed by atoms with E-state index >= 15 is 0 Å². The molecule has 0 radical (unpaired) electrons. The molecule has 2 heterocycles. The fraction of sp³-hybridized carbons (Fsp3) is 0.296. The number of Topliss-reactive ketones (excluding diaryl/α,β-unsaturated/α-hetero) is 1. The van der Waals surface area contributed by atoms with Crippen LogP contribution in [-0.4, -0.2) is 28.9 Å². The molecule has 1 unspecified atom stereocenters. The number of hydrogen-bond acceptors (Lipinski definition) is 6. The number of amides is 1. The molecule has 0 spiro atoms. The summed E-state index contributed by atoms with van der Waals surface area (Å²) in [6.07, 6.45) is 0. The van der Waals surface area contributed by atoms with Crippen molar-refractivity contribution >= 4 is 33.9 Å². The molecular formula is C27H28N2O4S. The quantitative estimate of drug-likeness (QED) is 0.297. The number of aryl methyl sites for hydroxylation is 2. The molecule has 0 bridgehead atoms. The number of ketones is 1. The number of aromatic nitrogens is 1. The Morgan fingerprint density at radius 2 is 1.65 bits per heavy atom. The predicted molar refractivity (Wildman–Crippen MR) is 135 cm³/mol. The maximum Gasteiger partial charge on any atom is 0.301 e. The van der Waals surface area contributed by atoms with E-state index in [-0.39, 0.29) is 16.7 Å². The first-order chi connectivity index (χ1) is 16.0. The molecule has 34 heavy (non-hydrogen) atoms. The molecule has 1 aromatic heterocycles. The number of anilines is 1. The van der Waals surface area contributed by atoms with Gasteiger partial charge in [0.1, 0.15) is 11.5 Å². The third kappa shape index (κ3) is 4.12. The van der Waals surface area contributed by atoms with Crippen molar-refractivity contribution in [3.05, 3.63) is 81.4 Å². The second-order valence-corrected chi connectivity index (χ2v) is 10.6. The summed E-state index contributed by atoms with van der Waals surface area (Å²) in [5.41, 5.74) is 3.09. The van der Waals surface area contributed by atoms with E-state index in [1.54, 1.807) is 31.4 Å². The average molecular weight is 477 g/mol. The standard InChI is InChI=1S/C27H28N2O4S/c1-15-16(2)34-26(28-15)29-22(17-7-11-19(12-8-17)27(3,4)5)21(24(31)25(29)32)23(30)18-9-13-20(33-6)14-10-18/h7-14,22,30H,1-6H3. The van der Waals surface area contributed by atoms with Gasteiger partial charge >= 0.3 is 5.91 Å². The fourth-order valence-electron chi connectivity index (χ4n) is 3.97. The molecule has 176 valence electrons. The molecule has 2 aromatic carbocycles. The number of hydrogen-bond donors (Lipinski definition) is 1. The number of aliphatic hydroxyl groups is 1. The average Bonchev–Trinajstić information content (AvgIpc) is 3.28. The van der Waals surface area contributed by atoms with Crippen LogP contribution in [0.3, 0.4) is 0 Å². The molecule has 7 heteroatoms. The summed E-state index contributed by atoms with van der Waals surface area (Å²) in [4.78, 5) is 33.5. The van der Waals surface area contributed by atoms with Gasteiger partial charge in [-0.25, -0.2) is 4.98 Å². The first kappa shape index (κ1) is 23.7. The first-order valence-electron chi connectivity index (χ1n) is 11.0. The zero-order chi connectivity index (χ0) is 24.8. The van der Waals surface area contributed by atoms with Crippen LogP contribution in [0, 0.1) is 13.8 Å². The van der Waals surface area contributed by atoms with E-state index in [2.05, 4.69) is 25.8 Å². The van der Waals surface area contributed by atoms with E-state index in [0.29, 0.717) is 16.4 Å². The maximum atomic E-state index is 13.3. The number of rotatable bonds is 4. The number of carbonyl (C=O) groups excluding carboxylic acids is 2. The molecular weight excluding hydrogens is 448 g/mol. The monoisotopic (exact) mass is 476 g/mol. The number of ether oxygens (including phenoxy) is 1. The lowest BCUT2D eigenvalue weighted by atomic mass is 9.85. The SMILES string of the molecule is COc1ccc(C(O)=C2C(=O)C(=O)N(c3nc(C)c(C)s3)C2c2ccc(C(C)(C)C)cc2)cc1. The summed E-state index contributed by atoms with van der Waals surface area (Å²) in [5, 5.41) is 11.7. The molecule has 3 aromatic rings. The van der Waals surface area contributed by atoms with Gasteiger partial charge in [0.05, 0.1) is 24.4 Å². The van der Waals surface area contributed by atoms with E-state index in [0.717, 1.165) is 21.7 Å². The Morgan fingerprint density at radius 3 is 2.15 bits per heavy atom. The summed E-state index contributed by atoms with van der Waals surface area (Å²) >= 11 is 1.36. The van der Waals surface area contributed by atoms with E-state index < -0.39 is 17.7 Å². The van der Waals surface area contributed by atoms with Crippen LogP contribution in [0.5, 0.6) is 5.75 Å². The lowest BCUT2D eigenvalue weighted by Gasteiger charge is -2.24. The predicted octanol–water partition coefficient (Wildman–Crippen LogP) is 5.69. The van der Waals surface area contributed by atoms with Gasteiger partial charge < -0.3 is 9.84 Å². The zero-order valence-corrected chi connectivity index (χ0v) is 21.0. The van der Waals surface area contributed by atoms with Gasteiger partial charge in [-0.3, -0.25) is 14.5 Å². The van der Waals surface area contributed by atoms with E-state index in [4.69, 9.17) is 4.74 Å². The van der Waals surface area contributed by atoms with Crippen molar-refractivity contribution in [3.63, 3.8) is 0 Å². The van der Waals surface area contributed by atoms with Gasteiger partial charge in [-0.05, 0) is 54.7 Å². The molecule has 0 saturated carbocycles. The van der Waals surface area contributed by atoms with Crippen molar-refractivity contribution in [1.29, 1.82) is 0 Å². The molecule has 1 aliphatic heterocycles. The number of aliphatic hydroxyl groups excluding tert-OH is 1. The highest BCUT2D eigenvalue weighted by Crippen LogP contribution is 2.44. The molecule has 4 rings (SSSR count). The Morgan fingerprint density at radius 1 is 1.03 bits per heavy atom. The molecule has 1 fully saturated rings. The zero-order valence-electron chi connectivity index (χ0n) is 20.2. The van der Waals surface area contributed by atoms with Crippen LogP contribution in [0.25, 0.3) is 5.76 Å². The van der Waals surface area contributed by atoms with Crippen LogP contribution in [0.4, 0.5) is 5.13 Å². The minimum Gasteiger partial charge on any atom is -0.507 e. The van der Waals surface area contributed by atoms with E-state index in [1.165, 1.54) is 16.2 Å². The third-order valence-corrected chi connectivity index (χ3v) is 7.20. The summed E-state index contributed by atoms with van der Waals surface area (Å²) in [7, 11) is 1.56. The van der Waals surface area contributed by atoms with Crippen molar-refractivity contribution in [3.8, 4) is 5.75 Å². The normalized spacial score (nSPS) is 17.9. The Kier molecular flexibility index (Phi) is 6.08. The number of thiazole rings is 1. The number of nitrogens with zero attached hydrogens (tertiary/aromatic N) is 2. The summed E-state index contributed by atoms with van der Waals surface area (Å²) in [6.45, 7) is 10.2. The molecule has 1 saturated heterocycles. The summed E-state index contributed by atoms with van der Waals surface area (Å²) < 4.78 is 5.20. The highest BCUT2D eigenvalue weighted by atomic mass is 32.1. The topological polar surface area (TPSA) is 79.7 Å². The molecule has 1 atom stereocenters. The number of carbonyl (C=O) groups is 2. The lowest BCUT2D eigenvalue weighted by Crippen LogP contribution is -2.29. The van der Waals surface area contributed by atoms with Crippen LogP contribution in [0.1, 0.15) is 54.1 Å². The van der Waals surface area contributed by atoms with Gasteiger partial charge in [-0.1, -0.05) is 45.0 Å². The van der Waals surface area contributed by atoms with Gasteiger partial charge in [0.25, 0.3) is 5.78 Å². The highest BCUT2D eigenvalue weighted by molar-refractivity contribution is 7.16. The van der Waals surface area contributed by atoms with Gasteiger partial charge in [0.15, 0.2) is 5.13 Å². The van der Waals surface area contributed by atoms with Crippen LogP contribution in [0.2, 0.25) is 0 Å². The minimum absolute atomic E-state index is 0.0455. The summed E-state index contributed by atoms with van der Waals surface area (Å²) in [5.74, 6) is -1.03. The van der Waals surface area contributed by atoms with Crippen LogP contribution >= 0.6 is 11.3 Å². The van der Waals surface area contributed by atoms with Crippen LogP contribution < -0.4 is 9.64 Å². The van der Waals surface area contributed by atoms with E-state index in [1.807, 2.05) is 38.1 Å². The molecule has 0 aliphatic carbocycles. The largest absolute Gasteiger partial charge is 0.507 e. The van der Waals surface area contributed by atoms with E-state index in [9.17, 15) is 14.7 Å². The van der Waals surface area contributed by atoms with Gasteiger partial charge in [0.2, 0.25) is 0 Å². The van der Waals surface area contributed by atoms with Gasteiger partial charge in [0, 0.05) is 10.4 Å². The van der Waals surface area contributed by atoms with Crippen molar-refractivity contribution in [2.75, 3.05) is 12.0 Å².